The molecule has 3 heterocycles. The lowest BCUT2D eigenvalue weighted by Crippen LogP contribution is -2.04. The molecule has 4 nitrogen and oxygen atoms in total. The summed E-state index contributed by atoms with van der Waals surface area (Å²) in [6, 6.07) is 49.2. The number of hydrogen-bond acceptors (Lipinski definition) is 3. The molecular weight excluding hydrogens is 562 g/mol. The molecule has 46 heavy (non-hydrogen) atoms. The zero-order valence-electron chi connectivity index (χ0n) is 24.5. The van der Waals surface area contributed by atoms with Crippen LogP contribution in [0.2, 0.25) is 0 Å². The summed E-state index contributed by atoms with van der Waals surface area (Å²) < 4.78 is 8.89. The summed E-state index contributed by atoms with van der Waals surface area (Å²) in [6.45, 7) is 0. The minimum Gasteiger partial charge on any atom is -0.456 e. The Morgan fingerprint density at radius 1 is 0.435 bits per heavy atom. The molecule has 0 N–H and O–H groups in total. The van der Waals surface area contributed by atoms with Crippen LogP contribution < -0.4 is 0 Å². The number of nitrogens with zero attached hydrogens (tertiary/aromatic N) is 3. The van der Waals surface area contributed by atoms with Gasteiger partial charge in [0.25, 0.3) is 0 Å². The van der Waals surface area contributed by atoms with Crippen LogP contribution >= 0.6 is 0 Å². The summed E-state index contributed by atoms with van der Waals surface area (Å²) in [4.78, 5) is 10.9. The first-order chi connectivity index (χ1) is 22.8. The van der Waals surface area contributed by atoms with Gasteiger partial charge < -0.3 is 4.42 Å². The molecule has 0 amide bonds. The van der Waals surface area contributed by atoms with Gasteiger partial charge in [-0.15, -0.1) is 0 Å². The van der Waals surface area contributed by atoms with Crippen LogP contribution in [0, 0.1) is 0 Å². The number of hydrogen-bond donors (Lipinski definition) is 0. The predicted molar refractivity (Wildman–Crippen MR) is 190 cm³/mol. The second kappa shape index (κ2) is 8.68. The van der Waals surface area contributed by atoms with Crippen molar-refractivity contribution < 1.29 is 4.42 Å². The Morgan fingerprint density at radius 3 is 1.96 bits per heavy atom. The van der Waals surface area contributed by atoms with Gasteiger partial charge in [0.2, 0.25) is 0 Å². The number of furan rings is 1. The van der Waals surface area contributed by atoms with Gasteiger partial charge in [0.15, 0.2) is 5.82 Å². The Labute approximate surface area is 262 Å². The molecule has 0 bridgehead atoms. The number of benzene rings is 7. The molecule has 0 aliphatic rings. The minimum atomic E-state index is 0.811. The third-order valence-electron chi connectivity index (χ3n) is 9.72. The smallest absolute Gasteiger partial charge is 0.165 e. The topological polar surface area (TPSA) is 43.9 Å². The molecule has 11 rings (SSSR count). The van der Waals surface area contributed by atoms with Crippen molar-refractivity contribution in [1.29, 1.82) is 0 Å². The quantitative estimate of drug-likeness (QED) is 0.190. The van der Waals surface area contributed by atoms with Gasteiger partial charge in [-0.1, -0.05) is 109 Å². The summed E-state index contributed by atoms with van der Waals surface area (Å²) in [5.74, 6) is 0.811. The summed E-state index contributed by atoms with van der Waals surface area (Å²) in [5, 5.41) is 11.8. The van der Waals surface area contributed by atoms with E-state index in [1.807, 2.05) is 6.07 Å². The summed E-state index contributed by atoms with van der Waals surface area (Å²) in [5.41, 5.74) is 7.61. The molecule has 212 valence electrons. The average Bonchev–Trinajstić information content (AvgIpc) is 3.66. The molecule has 0 atom stereocenters. The van der Waals surface area contributed by atoms with E-state index < -0.39 is 0 Å². The monoisotopic (exact) mass is 585 g/mol. The van der Waals surface area contributed by atoms with Crippen LogP contribution in [0.4, 0.5) is 0 Å². The van der Waals surface area contributed by atoms with Crippen molar-refractivity contribution >= 4 is 87.1 Å². The van der Waals surface area contributed by atoms with E-state index in [4.69, 9.17) is 14.4 Å². The highest BCUT2D eigenvalue weighted by atomic mass is 16.3. The van der Waals surface area contributed by atoms with E-state index in [1.54, 1.807) is 0 Å². The van der Waals surface area contributed by atoms with Crippen LogP contribution in [0.3, 0.4) is 0 Å². The van der Waals surface area contributed by atoms with Crippen LogP contribution in [0.1, 0.15) is 0 Å². The summed E-state index contributed by atoms with van der Waals surface area (Å²) in [6.07, 6.45) is 0. The molecule has 0 fully saturated rings. The zero-order valence-corrected chi connectivity index (χ0v) is 24.5. The van der Waals surface area contributed by atoms with E-state index >= 15 is 0 Å². The van der Waals surface area contributed by atoms with Gasteiger partial charge in [-0.2, -0.15) is 0 Å². The van der Waals surface area contributed by atoms with Crippen molar-refractivity contribution in [3.63, 3.8) is 0 Å². The Kier molecular flexibility index (Phi) is 4.55. The molecule has 11 aromatic rings. The first kappa shape index (κ1) is 24.1. The molecule has 0 saturated carbocycles. The van der Waals surface area contributed by atoms with Gasteiger partial charge in [0.05, 0.1) is 22.1 Å². The maximum atomic E-state index is 6.56. The fraction of sp³-hybridized carbons (Fsp3) is 0. The Hall–Kier alpha value is -6.26. The Balaban J connectivity index is 1.41. The molecule has 0 aliphatic carbocycles. The molecule has 0 radical (unpaired) electrons. The van der Waals surface area contributed by atoms with E-state index in [0.717, 1.165) is 71.9 Å². The zero-order chi connectivity index (χ0) is 29.9. The average molecular weight is 586 g/mol. The first-order valence-corrected chi connectivity index (χ1v) is 15.6. The third kappa shape index (κ3) is 3.03. The van der Waals surface area contributed by atoms with Gasteiger partial charge in [-0.25, -0.2) is 9.97 Å². The number of rotatable bonds is 2. The second-order valence-corrected chi connectivity index (χ2v) is 12.1. The fourth-order valence-electron chi connectivity index (χ4n) is 7.81. The van der Waals surface area contributed by atoms with Crippen molar-refractivity contribution in [1.82, 2.24) is 14.5 Å². The third-order valence-corrected chi connectivity index (χ3v) is 9.72. The largest absolute Gasteiger partial charge is 0.456 e. The van der Waals surface area contributed by atoms with Crippen molar-refractivity contribution in [3.8, 4) is 17.1 Å². The molecule has 3 aromatic heterocycles. The van der Waals surface area contributed by atoms with Crippen LogP contribution in [0.5, 0.6) is 0 Å². The maximum Gasteiger partial charge on any atom is 0.165 e. The molecule has 0 saturated heterocycles. The molecule has 8 aromatic carbocycles. The van der Waals surface area contributed by atoms with Crippen LogP contribution in [-0.4, -0.2) is 14.5 Å². The van der Waals surface area contributed by atoms with Crippen molar-refractivity contribution in [3.05, 3.63) is 140 Å². The van der Waals surface area contributed by atoms with Crippen molar-refractivity contribution in [2.75, 3.05) is 0 Å². The van der Waals surface area contributed by atoms with Crippen molar-refractivity contribution in [2.24, 2.45) is 0 Å². The minimum absolute atomic E-state index is 0.811. The van der Waals surface area contributed by atoms with E-state index in [-0.39, 0.29) is 0 Å². The lowest BCUT2D eigenvalue weighted by molar-refractivity contribution is 0.669. The SMILES string of the molecule is c1ccc(-c2nc3c(ccc4ccccc43)nc2-n2c3cccc4c5ccccc5c5cccc6oc7ccc2c(c7c65)c43)cc1. The van der Waals surface area contributed by atoms with E-state index in [1.165, 1.54) is 32.3 Å². The van der Waals surface area contributed by atoms with E-state index in [9.17, 15) is 0 Å². The molecule has 0 aliphatic heterocycles. The van der Waals surface area contributed by atoms with Gasteiger partial charge >= 0.3 is 0 Å². The summed E-state index contributed by atoms with van der Waals surface area (Å²) in [7, 11) is 0. The maximum absolute atomic E-state index is 6.56. The molecular formula is C42H23N3O. The van der Waals surface area contributed by atoms with Gasteiger partial charge in [-0.3, -0.25) is 4.57 Å². The molecule has 0 unspecified atom stereocenters. The van der Waals surface area contributed by atoms with Crippen LogP contribution in [0.15, 0.2) is 144 Å². The summed E-state index contributed by atoms with van der Waals surface area (Å²) >= 11 is 0. The Morgan fingerprint density at radius 2 is 1.11 bits per heavy atom. The highest BCUT2D eigenvalue weighted by Gasteiger charge is 2.25. The van der Waals surface area contributed by atoms with Crippen LogP contribution in [-0.2, 0) is 0 Å². The first-order valence-electron chi connectivity index (χ1n) is 15.6. The van der Waals surface area contributed by atoms with Gasteiger partial charge in [0, 0.05) is 32.5 Å². The van der Waals surface area contributed by atoms with Crippen LogP contribution in [0.25, 0.3) is 104 Å². The van der Waals surface area contributed by atoms with E-state index in [0.29, 0.717) is 0 Å². The number of fused-ring (bicyclic) bond motifs is 6. The fourth-order valence-corrected chi connectivity index (χ4v) is 7.81. The van der Waals surface area contributed by atoms with Gasteiger partial charge in [0.1, 0.15) is 16.9 Å². The lowest BCUT2D eigenvalue weighted by Gasteiger charge is -2.14. The normalized spacial score (nSPS) is 12.3. The predicted octanol–water partition coefficient (Wildman–Crippen LogP) is 11.2. The standard InChI is InChI=1S/C42H23N3O/c1-2-11-25(12-3-1)40-42(43-31-21-20-24-10-4-5-13-26(24)41(31)44-40)45-32-18-8-16-29-27-14-6-7-15-28(27)30-17-9-19-34-37(30)39-35(46-34)23-22-33(45)38(39)36(29)32/h1-23H. The van der Waals surface area contributed by atoms with E-state index in [2.05, 4.69) is 138 Å². The highest BCUT2D eigenvalue weighted by molar-refractivity contribution is 6.38. The lowest BCUT2D eigenvalue weighted by atomic mass is 9.95. The van der Waals surface area contributed by atoms with Crippen molar-refractivity contribution in [2.45, 2.75) is 0 Å². The number of aromatic nitrogens is 3. The Bertz CT molecular complexity index is 3020. The second-order valence-electron chi connectivity index (χ2n) is 12.1. The van der Waals surface area contributed by atoms with Gasteiger partial charge in [-0.05, 0) is 57.3 Å². The highest BCUT2D eigenvalue weighted by Crippen LogP contribution is 2.47. The molecule has 4 heteroatoms. The molecule has 0 spiro atoms.